The zero-order chi connectivity index (χ0) is 16.2. The summed E-state index contributed by atoms with van der Waals surface area (Å²) in [4.78, 5) is 16.4. The van der Waals surface area contributed by atoms with E-state index in [1.54, 1.807) is 0 Å². The molecule has 0 aromatic heterocycles. The molecule has 5 heteroatoms. The molecule has 0 aliphatic carbocycles. The molecule has 0 radical (unpaired) electrons. The first-order valence-corrected chi connectivity index (χ1v) is 8.68. The van der Waals surface area contributed by atoms with E-state index in [-0.39, 0.29) is 6.09 Å². The van der Waals surface area contributed by atoms with E-state index in [9.17, 15) is 9.90 Å². The van der Waals surface area contributed by atoms with Crippen LogP contribution in [0.4, 0.5) is 4.79 Å². The largest absolute Gasteiger partial charge is 0.444 e. The van der Waals surface area contributed by atoms with E-state index in [4.69, 9.17) is 4.74 Å². The molecule has 0 saturated carbocycles. The van der Waals surface area contributed by atoms with Gasteiger partial charge in [0.1, 0.15) is 5.60 Å². The Bertz CT molecular complexity index is 359. The minimum atomic E-state index is -0.416. The molecule has 2 heterocycles. The van der Waals surface area contributed by atoms with Gasteiger partial charge in [-0.1, -0.05) is 0 Å². The summed E-state index contributed by atoms with van der Waals surface area (Å²) in [6.07, 6.45) is 4.29. The Labute approximate surface area is 134 Å². The summed E-state index contributed by atoms with van der Waals surface area (Å²) in [6, 6.07) is 0. The van der Waals surface area contributed by atoms with Crippen LogP contribution in [-0.2, 0) is 4.74 Å². The lowest BCUT2D eigenvalue weighted by molar-refractivity contribution is 0.0157. The predicted octanol–water partition coefficient (Wildman–Crippen LogP) is 2.34. The van der Waals surface area contributed by atoms with Crippen LogP contribution in [-0.4, -0.2) is 65.9 Å². The van der Waals surface area contributed by atoms with Crippen molar-refractivity contribution < 1.29 is 14.6 Å². The van der Waals surface area contributed by atoms with Crippen LogP contribution in [0.1, 0.15) is 46.5 Å². The number of carbonyl (C=O) groups is 1. The van der Waals surface area contributed by atoms with Crippen molar-refractivity contribution in [2.24, 2.45) is 11.8 Å². The molecular formula is C17H32N2O3. The lowest BCUT2D eigenvalue weighted by Crippen LogP contribution is -2.45. The first-order valence-electron chi connectivity index (χ1n) is 8.68. The van der Waals surface area contributed by atoms with Crippen LogP contribution in [0, 0.1) is 11.8 Å². The van der Waals surface area contributed by atoms with Crippen molar-refractivity contribution in [2.75, 3.05) is 39.3 Å². The molecule has 1 unspecified atom stereocenters. The number of hydrogen-bond acceptors (Lipinski definition) is 4. The molecular weight excluding hydrogens is 280 g/mol. The minimum Gasteiger partial charge on any atom is -0.444 e. The van der Waals surface area contributed by atoms with Gasteiger partial charge in [-0.05, 0) is 64.8 Å². The molecule has 0 aromatic carbocycles. The Morgan fingerprint density at radius 2 is 1.82 bits per heavy atom. The quantitative estimate of drug-likeness (QED) is 0.869. The number of hydrogen-bond donors (Lipinski definition) is 1. The van der Waals surface area contributed by atoms with Gasteiger partial charge in [-0.3, -0.25) is 0 Å². The highest BCUT2D eigenvalue weighted by Crippen LogP contribution is 2.23. The second-order valence-corrected chi connectivity index (χ2v) is 7.86. The van der Waals surface area contributed by atoms with Crippen LogP contribution < -0.4 is 0 Å². The fraction of sp³-hybridized carbons (Fsp3) is 0.941. The third-order valence-electron chi connectivity index (χ3n) is 4.64. The van der Waals surface area contributed by atoms with Gasteiger partial charge in [-0.25, -0.2) is 4.79 Å². The SMILES string of the molecule is CC(C)(C)OC(=O)N1CCC(CN2CCCC(CO)C2)CC1. The van der Waals surface area contributed by atoms with Crippen LogP contribution in [0.15, 0.2) is 0 Å². The van der Waals surface area contributed by atoms with Crippen molar-refractivity contribution in [1.29, 1.82) is 0 Å². The van der Waals surface area contributed by atoms with E-state index < -0.39 is 5.60 Å². The Morgan fingerprint density at radius 1 is 1.14 bits per heavy atom. The average molecular weight is 312 g/mol. The number of piperidine rings is 2. The van der Waals surface area contributed by atoms with Crippen LogP contribution in [0.25, 0.3) is 0 Å². The Kier molecular flexibility index (Phi) is 6.09. The number of amides is 1. The van der Waals surface area contributed by atoms with Gasteiger partial charge >= 0.3 is 6.09 Å². The number of nitrogens with zero attached hydrogens (tertiary/aromatic N) is 2. The average Bonchev–Trinajstić information content (AvgIpc) is 2.46. The van der Waals surface area contributed by atoms with Crippen molar-refractivity contribution in [3.05, 3.63) is 0 Å². The predicted molar refractivity (Wildman–Crippen MR) is 86.8 cm³/mol. The highest BCUT2D eigenvalue weighted by Gasteiger charge is 2.28. The van der Waals surface area contributed by atoms with E-state index in [1.807, 2.05) is 25.7 Å². The molecule has 2 aliphatic heterocycles. The molecule has 1 atom stereocenters. The molecule has 2 saturated heterocycles. The van der Waals surface area contributed by atoms with Crippen molar-refractivity contribution in [3.63, 3.8) is 0 Å². The maximum absolute atomic E-state index is 12.1. The van der Waals surface area contributed by atoms with Crippen LogP contribution in [0.3, 0.4) is 0 Å². The zero-order valence-electron chi connectivity index (χ0n) is 14.4. The lowest BCUT2D eigenvalue weighted by Gasteiger charge is -2.38. The summed E-state index contributed by atoms with van der Waals surface area (Å²) in [5.74, 6) is 1.12. The number of aliphatic hydroxyl groups excluding tert-OH is 1. The van der Waals surface area contributed by atoms with Crippen LogP contribution in [0.2, 0.25) is 0 Å². The summed E-state index contributed by atoms with van der Waals surface area (Å²) in [5, 5.41) is 9.32. The van der Waals surface area contributed by atoms with Crippen LogP contribution >= 0.6 is 0 Å². The second-order valence-electron chi connectivity index (χ2n) is 7.86. The summed E-state index contributed by atoms with van der Waals surface area (Å²) in [5.41, 5.74) is -0.416. The minimum absolute atomic E-state index is 0.177. The molecule has 2 aliphatic rings. The first kappa shape index (κ1) is 17.5. The summed E-state index contributed by atoms with van der Waals surface area (Å²) in [6.45, 7) is 10.9. The Morgan fingerprint density at radius 3 is 2.41 bits per heavy atom. The van der Waals surface area contributed by atoms with Gasteiger partial charge in [-0.15, -0.1) is 0 Å². The third kappa shape index (κ3) is 5.43. The van der Waals surface area contributed by atoms with Crippen LogP contribution in [0.5, 0.6) is 0 Å². The third-order valence-corrected chi connectivity index (χ3v) is 4.64. The molecule has 0 bridgehead atoms. The molecule has 0 spiro atoms. The number of aliphatic hydroxyl groups is 1. The van der Waals surface area contributed by atoms with Gasteiger partial charge in [0.05, 0.1) is 0 Å². The van der Waals surface area contributed by atoms with E-state index in [1.165, 1.54) is 6.42 Å². The van der Waals surface area contributed by atoms with Gasteiger partial charge in [0.2, 0.25) is 0 Å². The van der Waals surface area contributed by atoms with E-state index >= 15 is 0 Å². The van der Waals surface area contributed by atoms with Crippen molar-refractivity contribution in [1.82, 2.24) is 9.80 Å². The molecule has 2 rings (SSSR count). The molecule has 1 amide bonds. The van der Waals surface area contributed by atoms with E-state index in [2.05, 4.69) is 4.90 Å². The molecule has 0 aromatic rings. The number of carbonyl (C=O) groups excluding carboxylic acids is 1. The summed E-state index contributed by atoms with van der Waals surface area (Å²) < 4.78 is 5.44. The molecule has 1 N–H and O–H groups in total. The molecule has 22 heavy (non-hydrogen) atoms. The summed E-state index contributed by atoms with van der Waals surface area (Å²) >= 11 is 0. The highest BCUT2D eigenvalue weighted by atomic mass is 16.6. The first-order chi connectivity index (χ1) is 10.4. The number of rotatable bonds is 3. The van der Waals surface area contributed by atoms with E-state index in [0.717, 1.165) is 52.0 Å². The maximum atomic E-state index is 12.1. The van der Waals surface area contributed by atoms with E-state index in [0.29, 0.717) is 18.4 Å². The Hall–Kier alpha value is -0.810. The van der Waals surface area contributed by atoms with Crippen molar-refractivity contribution in [3.8, 4) is 0 Å². The molecule has 5 nitrogen and oxygen atoms in total. The fourth-order valence-corrected chi connectivity index (χ4v) is 3.46. The van der Waals surface area contributed by atoms with Crippen molar-refractivity contribution in [2.45, 2.75) is 52.1 Å². The van der Waals surface area contributed by atoms with Gasteiger partial charge in [0.15, 0.2) is 0 Å². The van der Waals surface area contributed by atoms with Gasteiger partial charge < -0.3 is 19.6 Å². The number of ether oxygens (including phenoxy) is 1. The maximum Gasteiger partial charge on any atom is 0.410 e. The standard InChI is InChI=1S/C17H32N2O3/c1-17(2,3)22-16(21)19-9-6-14(7-10-19)11-18-8-4-5-15(12-18)13-20/h14-15,20H,4-13H2,1-3H3. The monoisotopic (exact) mass is 312 g/mol. The molecule has 2 fully saturated rings. The second kappa shape index (κ2) is 7.64. The smallest absolute Gasteiger partial charge is 0.410 e. The number of likely N-dealkylation sites (tertiary alicyclic amines) is 2. The van der Waals surface area contributed by atoms with Gasteiger partial charge in [-0.2, -0.15) is 0 Å². The lowest BCUT2D eigenvalue weighted by atomic mass is 9.93. The fourth-order valence-electron chi connectivity index (χ4n) is 3.46. The summed E-state index contributed by atoms with van der Waals surface area (Å²) in [7, 11) is 0. The highest BCUT2D eigenvalue weighted by molar-refractivity contribution is 5.68. The zero-order valence-corrected chi connectivity index (χ0v) is 14.4. The molecule has 128 valence electrons. The topological polar surface area (TPSA) is 53.0 Å². The van der Waals surface area contributed by atoms with Gasteiger partial charge in [0.25, 0.3) is 0 Å². The Balaban J connectivity index is 1.72. The normalized spacial score (nSPS) is 25.3. The van der Waals surface area contributed by atoms with Crippen molar-refractivity contribution >= 4 is 6.09 Å². The van der Waals surface area contributed by atoms with Gasteiger partial charge in [0, 0.05) is 32.8 Å².